The van der Waals surface area contributed by atoms with Gasteiger partial charge in [0.25, 0.3) is 0 Å². The summed E-state index contributed by atoms with van der Waals surface area (Å²) in [5, 5.41) is 31.7. The minimum Gasteiger partial charge on any atom is -0.508 e. The molecule has 3 rings (SSSR count). The molecule has 8 amide bonds. The van der Waals surface area contributed by atoms with Crippen LogP contribution in [0.2, 0.25) is 0 Å². The highest BCUT2D eigenvalue weighted by atomic mass is 16.4. The van der Waals surface area contributed by atoms with Gasteiger partial charge in [-0.25, -0.2) is 0 Å². The van der Waals surface area contributed by atoms with Gasteiger partial charge in [-0.15, -0.1) is 0 Å². The zero-order chi connectivity index (χ0) is 41.0. The summed E-state index contributed by atoms with van der Waals surface area (Å²) < 4.78 is 0. The molecule has 9 N–H and O–H groups in total. The molecule has 0 spiro atoms. The average molecular weight is 773 g/mol. The second-order valence-electron chi connectivity index (χ2n) is 13.9. The smallest absolute Gasteiger partial charge is 0.305 e. The second-order valence-corrected chi connectivity index (χ2v) is 13.9. The van der Waals surface area contributed by atoms with Crippen molar-refractivity contribution >= 4 is 53.2 Å². The molecule has 0 unspecified atom stereocenters. The van der Waals surface area contributed by atoms with Gasteiger partial charge in [-0.1, -0.05) is 32.4 Å². The molecule has 0 aromatic heterocycles. The molecule has 2 fully saturated rings. The molecule has 0 radical (unpaired) electrons. The van der Waals surface area contributed by atoms with Crippen LogP contribution in [0.15, 0.2) is 24.3 Å². The van der Waals surface area contributed by atoms with Gasteiger partial charge in [0, 0.05) is 26.4 Å². The van der Waals surface area contributed by atoms with Gasteiger partial charge in [-0.3, -0.25) is 43.2 Å². The van der Waals surface area contributed by atoms with Crippen LogP contribution in [0.25, 0.3) is 0 Å². The maximum atomic E-state index is 14.0. The number of phenolic OH excluding ortho intramolecular Hbond substituents is 1. The van der Waals surface area contributed by atoms with Crippen molar-refractivity contribution in [2.45, 2.75) is 109 Å². The molecule has 0 saturated carbocycles. The third-order valence-electron chi connectivity index (χ3n) is 9.74. The lowest BCUT2D eigenvalue weighted by atomic mass is 9.98. The van der Waals surface area contributed by atoms with Crippen molar-refractivity contribution in [2.24, 2.45) is 11.7 Å². The minimum absolute atomic E-state index is 0.0568. The maximum absolute atomic E-state index is 14.0. The Kier molecular flexibility index (Phi) is 15.9. The molecule has 2 aliphatic heterocycles. The molecular weight excluding hydrogens is 720 g/mol. The van der Waals surface area contributed by atoms with Gasteiger partial charge < -0.3 is 52.3 Å². The summed E-state index contributed by atoms with van der Waals surface area (Å²) in [6, 6.07) is -1.42. The van der Waals surface area contributed by atoms with E-state index in [4.69, 9.17) is 5.73 Å². The van der Waals surface area contributed by atoms with Crippen molar-refractivity contribution in [3.8, 4) is 5.75 Å². The van der Waals surface area contributed by atoms with E-state index in [1.165, 1.54) is 47.9 Å². The van der Waals surface area contributed by atoms with Gasteiger partial charge in [0.15, 0.2) is 0 Å². The van der Waals surface area contributed by atoms with Crippen molar-refractivity contribution in [3.05, 3.63) is 29.8 Å². The van der Waals surface area contributed by atoms with Crippen molar-refractivity contribution in [3.63, 3.8) is 0 Å². The zero-order valence-corrected chi connectivity index (χ0v) is 31.5. The maximum Gasteiger partial charge on any atom is 0.305 e. The normalized spacial score (nSPS) is 19.2. The van der Waals surface area contributed by atoms with Crippen LogP contribution < -0.4 is 32.3 Å². The SMILES string of the molecule is CC[C@H](C)[C@H](NC(=O)[C@H](CC(=O)O)NC(=O)[C@H](Cc1ccc(O)cc1)NC(=O)[C@@H]1CCCN1C(=O)[C@@H]1CCCN1C(=O)[C@H](C)NC(=O)CNC(C)=O)C(N)=O. The fraction of sp³-hybridized carbons (Fsp3) is 0.583. The highest BCUT2D eigenvalue weighted by Gasteiger charge is 2.44. The van der Waals surface area contributed by atoms with Gasteiger partial charge in [-0.2, -0.15) is 0 Å². The summed E-state index contributed by atoms with van der Waals surface area (Å²) in [6.45, 7) is 6.24. The Labute approximate surface area is 318 Å². The second kappa shape index (κ2) is 20.1. The summed E-state index contributed by atoms with van der Waals surface area (Å²) in [4.78, 5) is 118. The third-order valence-corrected chi connectivity index (χ3v) is 9.74. The van der Waals surface area contributed by atoms with E-state index in [1.807, 2.05) is 0 Å². The first-order valence-electron chi connectivity index (χ1n) is 18.3. The number of primary amides is 1. The summed E-state index contributed by atoms with van der Waals surface area (Å²) in [5.74, 6) is -7.34. The number of amides is 8. The molecule has 19 heteroatoms. The number of rotatable bonds is 18. The van der Waals surface area contributed by atoms with E-state index >= 15 is 0 Å². The highest BCUT2D eigenvalue weighted by molar-refractivity contribution is 5.98. The van der Waals surface area contributed by atoms with Crippen LogP contribution in [0.5, 0.6) is 5.75 Å². The number of carbonyl (C=O) groups is 9. The number of carboxylic acids is 1. The summed E-state index contributed by atoms with van der Waals surface area (Å²) in [6.07, 6.45) is 0.919. The van der Waals surface area contributed by atoms with Crippen LogP contribution >= 0.6 is 0 Å². The number of nitrogens with two attached hydrogens (primary N) is 1. The van der Waals surface area contributed by atoms with E-state index in [2.05, 4.69) is 26.6 Å². The number of benzene rings is 1. The van der Waals surface area contributed by atoms with Gasteiger partial charge in [0.2, 0.25) is 47.3 Å². The number of likely N-dealkylation sites (tertiary alicyclic amines) is 2. The number of phenols is 1. The Morgan fingerprint density at radius 1 is 0.836 bits per heavy atom. The average Bonchev–Trinajstić information content (AvgIpc) is 3.83. The first-order chi connectivity index (χ1) is 25.9. The molecule has 7 atom stereocenters. The number of hydrogen-bond donors (Lipinski definition) is 8. The van der Waals surface area contributed by atoms with Crippen molar-refractivity contribution in [2.75, 3.05) is 19.6 Å². The predicted molar refractivity (Wildman–Crippen MR) is 194 cm³/mol. The number of hydrogen-bond acceptors (Lipinski definition) is 10. The molecule has 2 saturated heterocycles. The largest absolute Gasteiger partial charge is 0.508 e. The van der Waals surface area contributed by atoms with Gasteiger partial charge in [0.05, 0.1) is 13.0 Å². The standard InChI is InChI=1S/C36H52N8O11/c1-5-19(2)30(31(37)50)42-33(52)25(17-29(48)49)40-32(51)24(16-22-10-12-23(46)13-11-22)41-34(53)26-8-6-14-43(26)36(55)27-9-7-15-44(27)35(54)20(3)39-28(47)18-38-21(4)45/h10-13,19-20,24-27,30,46H,5-9,14-18H2,1-4H3,(H2,37,50)(H,38,45)(H,39,47)(H,40,51)(H,41,53)(H,42,52)(H,48,49)/t19-,20-,24-,25-,26-,27-,30-/m0/s1. The van der Waals surface area contributed by atoms with Crippen LogP contribution in [-0.4, -0.2) is 129 Å². The molecule has 1 aromatic rings. The number of nitrogens with zero attached hydrogens (tertiary/aromatic N) is 2. The highest BCUT2D eigenvalue weighted by Crippen LogP contribution is 2.26. The Morgan fingerprint density at radius 2 is 1.44 bits per heavy atom. The number of aliphatic carboxylic acids is 1. The molecule has 1 aromatic carbocycles. The predicted octanol–water partition coefficient (Wildman–Crippen LogP) is -1.98. The van der Waals surface area contributed by atoms with Crippen molar-refractivity contribution in [1.82, 2.24) is 36.4 Å². The van der Waals surface area contributed by atoms with Crippen LogP contribution in [0, 0.1) is 5.92 Å². The van der Waals surface area contributed by atoms with Crippen LogP contribution in [0.1, 0.15) is 71.8 Å². The Balaban J connectivity index is 1.80. The molecule has 0 aliphatic carbocycles. The van der Waals surface area contributed by atoms with Crippen molar-refractivity contribution in [1.29, 1.82) is 0 Å². The molecule has 55 heavy (non-hydrogen) atoms. The molecule has 302 valence electrons. The Bertz CT molecular complexity index is 1620. The summed E-state index contributed by atoms with van der Waals surface area (Å²) >= 11 is 0. The summed E-state index contributed by atoms with van der Waals surface area (Å²) in [7, 11) is 0. The first kappa shape index (κ1) is 43.7. The van der Waals surface area contributed by atoms with Gasteiger partial charge in [-0.05, 0) is 56.2 Å². The van der Waals surface area contributed by atoms with E-state index in [-0.39, 0.29) is 38.2 Å². The number of carboxylic acid groups (broad SMARTS) is 1. The molecule has 2 aliphatic rings. The van der Waals surface area contributed by atoms with E-state index < -0.39 is 102 Å². The fourth-order valence-electron chi connectivity index (χ4n) is 6.57. The topological polar surface area (TPSA) is 287 Å². The van der Waals surface area contributed by atoms with Crippen LogP contribution in [0.3, 0.4) is 0 Å². The first-order valence-corrected chi connectivity index (χ1v) is 18.3. The summed E-state index contributed by atoms with van der Waals surface area (Å²) in [5.41, 5.74) is 5.96. The lowest BCUT2D eigenvalue weighted by molar-refractivity contribution is -0.148. The van der Waals surface area contributed by atoms with E-state index in [1.54, 1.807) is 13.8 Å². The van der Waals surface area contributed by atoms with Crippen LogP contribution in [-0.2, 0) is 49.6 Å². The van der Waals surface area contributed by atoms with E-state index in [0.29, 0.717) is 31.2 Å². The lowest BCUT2D eigenvalue weighted by Crippen LogP contribution is -2.60. The monoisotopic (exact) mass is 772 g/mol. The van der Waals surface area contributed by atoms with E-state index in [9.17, 15) is 53.4 Å². The van der Waals surface area contributed by atoms with Gasteiger partial charge >= 0.3 is 5.97 Å². The zero-order valence-electron chi connectivity index (χ0n) is 31.5. The van der Waals surface area contributed by atoms with Crippen molar-refractivity contribution < 1.29 is 53.4 Å². The van der Waals surface area contributed by atoms with Crippen LogP contribution in [0.4, 0.5) is 0 Å². The Hall–Kier alpha value is -5.75. The molecular formula is C36H52N8O11. The fourth-order valence-corrected chi connectivity index (χ4v) is 6.57. The molecule has 0 bridgehead atoms. The minimum atomic E-state index is -1.66. The Morgan fingerprint density at radius 3 is 2.02 bits per heavy atom. The molecule has 2 heterocycles. The molecule has 19 nitrogen and oxygen atoms in total. The quantitative estimate of drug-likeness (QED) is 0.0809. The number of nitrogens with one attached hydrogen (secondary N) is 5. The van der Waals surface area contributed by atoms with Gasteiger partial charge in [0.1, 0.15) is 42.0 Å². The third kappa shape index (κ3) is 12.4. The van der Waals surface area contributed by atoms with E-state index in [0.717, 1.165) is 0 Å². The lowest BCUT2D eigenvalue weighted by Gasteiger charge is -2.33. The number of aromatic hydroxyl groups is 1. The number of carbonyl (C=O) groups excluding carboxylic acids is 8.